The zero-order valence-electron chi connectivity index (χ0n) is 11.2. The molecular formula is C14H20N2O3. The van der Waals surface area contributed by atoms with E-state index in [4.69, 9.17) is 9.47 Å². The molecule has 0 atom stereocenters. The Morgan fingerprint density at radius 2 is 2.32 bits per heavy atom. The van der Waals surface area contributed by atoms with Crippen LogP contribution in [-0.2, 0) is 20.8 Å². The smallest absolute Gasteiger partial charge is 0.313 e. The summed E-state index contributed by atoms with van der Waals surface area (Å²) >= 11 is 0. The summed E-state index contributed by atoms with van der Waals surface area (Å²) in [6.45, 7) is 2.54. The number of pyridine rings is 1. The van der Waals surface area contributed by atoms with Gasteiger partial charge in [-0.05, 0) is 24.5 Å². The molecule has 19 heavy (non-hydrogen) atoms. The van der Waals surface area contributed by atoms with Crippen LogP contribution in [0.2, 0.25) is 0 Å². The molecule has 0 bridgehead atoms. The van der Waals surface area contributed by atoms with Crippen LogP contribution in [0.5, 0.6) is 0 Å². The lowest BCUT2D eigenvalue weighted by Crippen LogP contribution is -2.45. The minimum Gasteiger partial charge on any atom is -0.469 e. The summed E-state index contributed by atoms with van der Waals surface area (Å²) in [7, 11) is 1.45. The number of carbonyl (C=O) groups is 1. The van der Waals surface area contributed by atoms with Crippen LogP contribution in [0, 0.1) is 5.41 Å². The summed E-state index contributed by atoms with van der Waals surface area (Å²) in [5.74, 6) is -0.144. The van der Waals surface area contributed by atoms with Gasteiger partial charge in [0.25, 0.3) is 0 Å². The summed E-state index contributed by atoms with van der Waals surface area (Å²) in [5, 5.41) is 3.33. The van der Waals surface area contributed by atoms with E-state index in [-0.39, 0.29) is 5.97 Å². The number of carbonyl (C=O) groups excluding carboxylic acids is 1. The van der Waals surface area contributed by atoms with Crippen molar-refractivity contribution in [3.05, 3.63) is 30.1 Å². The summed E-state index contributed by atoms with van der Waals surface area (Å²) in [6.07, 6.45) is 4.99. The number of esters is 1. The van der Waals surface area contributed by atoms with Gasteiger partial charge in [0.15, 0.2) is 0 Å². The molecule has 0 amide bonds. The van der Waals surface area contributed by atoms with E-state index in [0.29, 0.717) is 39.1 Å². The van der Waals surface area contributed by atoms with Crippen molar-refractivity contribution in [2.24, 2.45) is 5.41 Å². The van der Waals surface area contributed by atoms with E-state index in [1.54, 1.807) is 6.20 Å². The first-order valence-electron chi connectivity index (χ1n) is 6.53. The third-order valence-corrected chi connectivity index (χ3v) is 3.58. The van der Waals surface area contributed by atoms with Crippen molar-refractivity contribution >= 4 is 5.97 Å². The highest BCUT2D eigenvalue weighted by Crippen LogP contribution is 2.31. The van der Waals surface area contributed by atoms with Gasteiger partial charge in [-0.15, -0.1) is 0 Å². The monoisotopic (exact) mass is 264 g/mol. The van der Waals surface area contributed by atoms with Crippen LogP contribution in [0.15, 0.2) is 24.5 Å². The standard InChI is InChI=1S/C14H20N2O3/c1-18-13(17)14(4-7-19-8-5-14)11-16-10-12-3-2-6-15-9-12/h2-3,6,9,16H,4-5,7-8,10-11H2,1H3. The van der Waals surface area contributed by atoms with Crippen molar-refractivity contribution in [1.29, 1.82) is 0 Å². The molecule has 0 unspecified atom stereocenters. The zero-order valence-corrected chi connectivity index (χ0v) is 11.2. The van der Waals surface area contributed by atoms with Crippen LogP contribution >= 0.6 is 0 Å². The fraction of sp³-hybridized carbons (Fsp3) is 0.571. The highest BCUT2D eigenvalue weighted by Gasteiger charge is 2.40. The Labute approximate surface area is 113 Å². The first kappa shape index (κ1) is 14.0. The fourth-order valence-corrected chi connectivity index (χ4v) is 2.38. The first-order valence-corrected chi connectivity index (χ1v) is 6.53. The molecule has 1 aromatic heterocycles. The Morgan fingerprint density at radius 1 is 1.53 bits per heavy atom. The normalized spacial score (nSPS) is 17.9. The average Bonchev–Trinajstić information content (AvgIpc) is 2.48. The molecule has 1 fully saturated rings. The number of hydrogen-bond acceptors (Lipinski definition) is 5. The highest BCUT2D eigenvalue weighted by molar-refractivity contribution is 5.77. The maximum atomic E-state index is 12.0. The van der Waals surface area contributed by atoms with E-state index in [0.717, 1.165) is 5.56 Å². The summed E-state index contributed by atoms with van der Waals surface area (Å²) in [6, 6.07) is 3.91. The van der Waals surface area contributed by atoms with Crippen molar-refractivity contribution in [2.45, 2.75) is 19.4 Å². The first-order chi connectivity index (χ1) is 9.27. The van der Waals surface area contributed by atoms with Gasteiger partial charge >= 0.3 is 5.97 Å². The Bertz CT molecular complexity index is 402. The van der Waals surface area contributed by atoms with Gasteiger partial charge in [-0.1, -0.05) is 6.07 Å². The number of ether oxygens (including phenoxy) is 2. The second-order valence-corrected chi connectivity index (χ2v) is 4.85. The molecule has 5 heteroatoms. The van der Waals surface area contributed by atoms with Crippen LogP contribution in [0.3, 0.4) is 0 Å². The number of rotatable bonds is 5. The number of aromatic nitrogens is 1. The Morgan fingerprint density at radius 3 is 2.95 bits per heavy atom. The molecule has 1 aliphatic rings. The fourth-order valence-electron chi connectivity index (χ4n) is 2.38. The third kappa shape index (κ3) is 3.52. The lowest BCUT2D eigenvalue weighted by atomic mass is 9.80. The van der Waals surface area contributed by atoms with Crippen molar-refractivity contribution < 1.29 is 14.3 Å². The summed E-state index contributed by atoms with van der Waals surface area (Å²) in [5.41, 5.74) is 0.657. The highest BCUT2D eigenvalue weighted by atomic mass is 16.5. The molecule has 104 valence electrons. The molecule has 1 aromatic rings. The molecule has 5 nitrogen and oxygen atoms in total. The minimum atomic E-state index is -0.449. The van der Waals surface area contributed by atoms with Gasteiger partial charge in [-0.2, -0.15) is 0 Å². The van der Waals surface area contributed by atoms with Crippen molar-refractivity contribution in [3.8, 4) is 0 Å². The van der Waals surface area contributed by atoms with Gasteiger partial charge in [-0.25, -0.2) is 0 Å². The molecule has 0 aromatic carbocycles. The van der Waals surface area contributed by atoms with Crippen molar-refractivity contribution in [1.82, 2.24) is 10.3 Å². The van der Waals surface area contributed by atoms with E-state index in [1.165, 1.54) is 7.11 Å². The Hall–Kier alpha value is -1.46. The van der Waals surface area contributed by atoms with E-state index >= 15 is 0 Å². The number of methoxy groups -OCH3 is 1. The predicted octanol–water partition coefficient (Wildman–Crippen LogP) is 1.14. The molecule has 0 radical (unpaired) electrons. The third-order valence-electron chi connectivity index (χ3n) is 3.58. The van der Waals surface area contributed by atoms with Gasteiger partial charge < -0.3 is 14.8 Å². The lowest BCUT2D eigenvalue weighted by molar-refractivity contribution is -0.158. The molecule has 1 aliphatic heterocycles. The van der Waals surface area contributed by atoms with Crippen LogP contribution in [-0.4, -0.2) is 37.8 Å². The molecule has 2 heterocycles. The SMILES string of the molecule is COC(=O)C1(CNCc2cccnc2)CCOCC1. The summed E-state index contributed by atoms with van der Waals surface area (Å²) < 4.78 is 10.3. The van der Waals surface area contributed by atoms with E-state index in [1.807, 2.05) is 18.3 Å². The summed E-state index contributed by atoms with van der Waals surface area (Å²) in [4.78, 5) is 16.1. The maximum Gasteiger partial charge on any atom is 0.313 e. The topological polar surface area (TPSA) is 60.5 Å². The Balaban J connectivity index is 1.91. The van der Waals surface area contributed by atoms with E-state index in [2.05, 4.69) is 10.3 Å². The average molecular weight is 264 g/mol. The number of hydrogen-bond donors (Lipinski definition) is 1. The molecule has 0 aliphatic carbocycles. The van der Waals surface area contributed by atoms with Gasteiger partial charge in [0.1, 0.15) is 0 Å². The lowest BCUT2D eigenvalue weighted by Gasteiger charge is -2.34. The number of nitrogens with one attached hydrogen (secondary N) is 1. The molecule has 0 saturated carbocycles. The molecular weight excluding hydrogens is 244 g/mol. The molecule has 0 spiro atoms. The van der Waals surface area contributed by atoms with E-state index in [9.17, 15) is 4.79 Å². The zero-order chi connectivity index (χ0) is 13.6. The van der Waals surface area contributed by atoms with Gasteiger partial charge in [0, 0.05) is 38.7 Å². The molecule has 2 rings (SSSR count). The molecule has 1 N–H and O–H groups in total. The quantitative estimate of drug-likeness (QED) is 0.808. The predicted molar refractivity (Wildman–Crippen MR) is 70.4 cm³/mol. The van der Waals surface area contributed by atoms with Crippen LogP contribution in [0.25, 0.3) is 0 Å². The van der Waals surface area contributed by atoms with Gasteiger partial charge in [-0.3, -0.25) is 9.78 Å². The van der Waals surface area contributed by atoms with Gasteiger partial charge in [0.2, 0.25) is 0 Å². The second-order valence-electron chi connectivity index (χ2n) is 4.85. The van der Waals surface area contributed by atoms with Crippen LogP contribution in [0.4, 0.5) is 0 Å². The Kier molecular flexibility index (Phi) is 4.87. The van der Waals surface area contributed by atoms with Crippen molar-refractivity contribution in [2.75, 3.05) is 26.9 Å². The number of nitrogens with zero attached hydrogens (tertiary/aromatic N) is 1. The van der Waals surface area contributed by atoms with Gasteiger partial charge in [0.05, 0.1) is 12.5 Å². The van der Waals surface area contributed by atoms with Crippen molar-refractivity contribution in [3.63, 3.8) is 0 Å². The maximum absolute atomic E-state index is 12.0. The van der Waals surface area contributed by atoms with E-state index < -0.39 is 5.41 Å². The minimum absolute atomic E-state index is 0.144. The largest absolute Gasteiger partial charge is 0.469 e. The second kappa shape index (κ2) is 6.63. The van der Waals surface area contributed by atoms with Crippen LogP contribution < -0.4 is 5.32 Å². The van der Waals surface area contributed by atoms with Crippen LogP contribution in [0.1, 0.15) is 18.4 Å². The molecule has 1 saturated heterocycles.